The first-order valence-electron chi connectivity index (χ1n) is 5.94. The zero-order valence-corrected chi connectivity index (χ0v) is 11.3. The van der Waals surface area contributed by atoms with Gasteiger partial charge in [-0.25, -0.2) is 0 Å². The van der Waals surface area contributed by atoms with Gasteiger partial charge in [0.15, 0.2) is 0 Å². The standard InChI is InChI=1S/C12H19BrO3/c1-2-16-11(15)12(8-5-9-13)7-4-3-6-10(12)14/h2-9H2,1H3. The molecule has 0 radical (unpaired) electrons. The number of rotatable bonds is 5. The Morgan fingerprint density at radius 2 is 2.25 bits per heavy atom. The third-order valence-electron chi connectivity index (χ3n) is 3.19. The van der Waals surface area contributed by atoms with Gasteiger partial charge in [-0.1, -0.05) is 22.4 Å². The number of halogens is 1. The Kier molecular flexibility index (Phi) is 5.46. The maximum absolute atomic E-state index is 12.0. The van der Waals surface area contributed by atoms with E-state index in [0.717, 1.165) is 24.6 Å². The highest BCUT2D eigenvalue weighted by Crippen LogP contribution is 2.38. The maximum Gasteiger partial charge on any atom is 0.319 e. The van der Waals surface area contributed by atoms with Crippen molar-refractivity contribution in [1.82, 2.24) is 0 Å². The Balaban J connectivity index is 2.81. The van der Waals surface area contributed by atoms with E-state index in [0.29, 0.717) is 25.9 Å². The van der Waals surface area contributed by atoms with E-state index in [1.54, 1.807) is 6.92 Å². The third kappa shape index (κ3) is 2.84. The van der Waals surface area contributed by atoms with Gasteiger partial charge in [-0.15, -0.1) is 0 Å². The summed E-state index contributed by atoms with van der Waals surface area (Å²) in [5.74, 6) is -0.223. The number of Topliss-reactive ketones (excluding diaryl/α,β-unsaturated/α-hetero) is 1. The largest absolute Gasteiger partial charge is 0.465 e. The van der Waals surface area contributed by atoms with Gasteiger partial charge >= 0.3 is 5.97 Å². The Labute approximate surface area is 105 Å². The van der Waals surface area contributed by atoms with Gasteiger partial charge in [0, 0.05) is 11.8 Å². The van der Waals surface area contributed by atoms with E-state index < -0.39 is 5.41 Å². The van der Waals surface area contributed by atoms with Gasteiger partial charge in [-0.2, -0.15) is 0 Å². The zero-order valence-electron chi connectivity index (χ0n) is 9.76. The second-order valence-corrected chi connectivity index (χ2v) is 5.02. The van der Waals surface area contributed by atoms with Crippen molar-refractivity contribution in [1.29, 1.82) is 0 Å². The van der Waals surface area contributed by atoms with E-state index >= 15 is 0 Å². The molecule has 0 aliphatic heterocycles. The predicted octanol–water partition coefficient (Wildman–Crippen LogP) is 2.85. The van der Waals surface area contributed by atoms with E-state index in [-0.39, 0.29) is 11.8 Å². The highest BCUT2D eigenvalue weighted by atomic mass is 79.9. The van der Waals surface area contributed by atoms with Gasteiger partial charge in [0.1, 0.15) is 11.2 Å². The van der Waals surface area contributed by atoms with Gasteiger partial charge in [0.25, 0.3) is 0 Å². The van der Waals surface area contributed by atoms with E-state index in [1.807, 2.05) is 0 Å². The summed E-state index contributed by atoms with van der Waals surface area (Å²) >= 11 is 3.34. The minimum atomic E-state index is -0.831. The molecule has 0 saturated heterocycles. The number of carbonyl (C=O) groups is 2. The molecule has 0 aromatic carbocycles. The Hall–Kier alpha value is -0.380. The first-order chi connectivity index (χ1) is 7.67. The molecule has 1 fully saturated rings. The summed E-state index contributed by atoms with van der Waals surface area (Å²) in [6.45, 7) is 2.13. The fraction of sp³-hybridized carbons (Fsp3) is 0.833. The molecule has 3 nitrogen and oxygen atoms in total. The molecule has 1 saturated carbocycles. The van der Waals surface area contributed by atoms with Crippen molar-refractivity contribution in [3.05, 3.63) is 0 Å². The molecule has 0 heterocycles. The number of ketones is 1. The van der Waals surface area contributed by atoms with Crippen LogP contribution in [0.3, 0.4) is 0 Å². The number of alkyl halides is 1. The van der Waals surface area contributed by atoms with Crippen molar-refractivity contribution in [3.8, 4) is 0 Å². The van der Waals surface area contributed by atoms with Crippen molar-refractivity contribution in [2.24, 2.45) is 5.41 Å². The lowest BCUT2D eigenvalue weighted by molar-refractivity contribution is -0.162. The molecule has 0 N–H and O–H groups in total. The van der Waals surface area contributed by atoms with Crippen molar-refractivity contribution >= 4 is 27.7 Å². The Morgan fingerprint density at radius 1 is 1.50 bits per heavy atom. The summed E-state index contributed by atoms with van der Waals surface area (Å²) in [5.41, 5.74) is -0.831. The van der Waals surface area contributed by atoms with Crippen LogP contribution in [0, 0.1) is 5.41 Å². The van der Waals surface area contributed by atoms with Crippen molar-refractivity contribution in [3.63, 3.8) is 0 Å². The molecule has 1 unspecified atom stereocenters. The molecule has 0 aromatic rings. The lowest BCUT2D eigenvalue weighted by Crippen LogP contribution is -2.43. The molecule has 0 amide bonds. The maximum atomic E-state index is 12.0. The predicted molar refractivity (Wildman–Crippen MR) is 65.6 cm³/mol. The molecule has 0 spiro atoms. The van der Waals surface area contributed by atoms with E-state index in [2.05, 4.69) is 15.9 Å². The summed E-state index contributed by atoms with van der Waals surface area (Å²) in [7, 11) is 0. The van der Waals surface area contributed by atoms with Gasteiger partial charge in [0.2, 0.25) is 0 Å². The van der Waals surface area contributed by atoms with Crippen LogP contribution in [0.15, 0.2) is 0 Å². The number of carbonyl (C=O) groups excluding carboxylic acids is 2. The molecule has 4 heteroatoms. The minimum absolute atomic E-state index is 0.0816. The second-order valence-electron chi connectivity index (χ2n) is 4.23. The summed E-state index contributed by atoms with van der Waals surface area (Å²) in [6, 6.07) is 0. The number of ether oxygens (including phenoxy) is 1. The smallest absolute Gasteiger partial charge is 0.319 e. The van der Waals surface area contributed by atoms with E-state index in [1.165, 1.54) is 0 Å². The first kappa shape index (κ1) is 13.7. The Morgan fingerprint density at radius 3 is 2.81 bits per heavy atom. The molecule has 0 aromatic heterocycles. The van der Waals surface area contributed by atoms with Crippen molar-refractivity contribution in [2.45, 2.75) is 45.4 Å². The normalized spacial score (nSPS) is 25.5. The van der Waals surface area contributed by atoms with Gasteiger partial charge < -0.3 is 4.74 Å². The van der Waals surface area contributed by atoms with E-state index in [9.17, 15) is 9.59 Å². The molecular formula is C12H19BrO3. The van der Waals surface area contributed by atoms with Crippen LogP contribution in [-0.4, -0.2) is 23.7 Å². The number of hydrogen-bond acceptors (Lipinski definition) is 3. The van der Waals surface area contributed by atoms with Crippen LogP contribution in [0.1, 0.15) is 45.4 Å². The number of hydrogen-bond donors (Lipinski definition) is 0. The number of esters is 1. The molecule has 16 heavy (non-hydrogen) atoms. The quantitative estimate of drug-likeness (QED) is 0.444. The third-order valence-corrected chi connectivity index (χ3v) is 3.76. The monoisotopic (exact) mass is 290 g/mol. The summed E-state index contributed by atoms with van der Waals surface area (Å²) in [4.78, 5) is 24.0. The fourth-order valence-electron chi connectivity index (χ4n) is 2.31. The molecule has 1 aliphatic rings. The average Bonchev–Trinajstić information content (AvgIpc) is 2.28. The topological polar surface area (TPSA) is 43.4 Å². The molecule has 1 aliphatic carbocycles. The average molecular weight is 291 g/mol. The van der Waals surface area contributed by atoms with Crippen LogP contribution >= 0.6 is 15.9 Å². The van der Waals surface area contributed by atoms with Gasteiger partial charge in [0.05, 0.1) is 6.61 Å². The highest BCUT2D eigenvalue weighted by molar-refractivity contribution is 9.09. The van der Waals surface area contributed by atoms with Crippen LogP contribution < -0.4 is 0 Å². The summed E-state index contributed by atoms with van der Waals surface area (Å²) in [6.07, 6.45) is 4.51. The summed E-state index contributed by atoms with van der Waals surface area (Å²) < 4.78 is 5.08. The Bertz CT molecular complexity index is 265. The first-order valence-corrected chi connectivity index (χ1v) is 7.06. The SMILES string of the molecule is CCOC(=O)C1(CCCBr)CCCCC1=O. The zero-order chi connectivity index (χ0) is 12.0. The fourth-order valence-corrected chi connectivity index (χ4v) is 2.59. The van der Waals surface area contributed by atoms with Crippen LogP contribution in [0.2, 0.25) is 0 Å². The summed E-state index contributed by atoms with van der Waals surface area (Å²) in [5, 5.41) is 0.821. The molecular weight excluding hydrogens is 272 g/mol. The minimum Gasteiger partial charge on any atom is -0.465 e. The lowest BCUT2D eigenvalue weighted by atomic mass is 9.70. The van der Waals surface area contributed by atoms with Crippen molar-refractivity contribution in [2.75, 3.05) is 11.9 Å². The van der Waals surface area contributed by atoms with Gasteiger partial charge in [-0.05, 0) is 32.6 Å². The second kappa shape index (κ2) is 6.38. The van der Waals surface area contributed by atoms with E-state index in [4.69, 9.17) is 4.74 Å². The molecule has 1 atom stereocenters. The van der Waals surface area contributed by atoms with Gasteiger partial charge in [-0.3, -0.25) is 9.59 Å². The van der Waals surface area contributed by atoms with Crippen molar-refractivity contribution < 1.29 is 14.3 Å². The van der Waals surface area contributed by atoms with Crippen LogP contribution in [0.25, 0.3) is 0 Å². The van der Waals surface area contributed by atoms with Crippen LogP contribution in [0.4, 0.5) is 0 Å². The van der Waals surface area contributed by atoms with Crippen LogP contribution in [-0.2, 0) is 14.3 Å². The highest BCUT2D eigenvalue weighted by Gasteiger charge is 2.47. The molecule has 0 bridgehead atoms. The molecule has 92 valence electrons. The van der Waals surface area contributed by atoms with Crippen LogP contribution in [0.5, 0.6) is 0 Å². The lowest BCUT2D eigenvalue weighted by Gasteiger charge is -2.33. The molecule has 1 rings (SSSR count).